The van der Waals surface area contributed by atoms with E-state index in [1.54, 1.807) is 26.0 Å². The van der Waals surface area contributed by atoms with E-state index in [9.17, 15) is 13.2 Å². The number of nitrogens with zero attached hydrogens (tertiary/aromatic N) is 2. The third kappa shape index (κ3) is 5.64. The summed E-state index contributed by atoms with van der Waals surface area (Å²) >= 11 is 6.23. The number of anilines is 1. The summed E-state index contributed by atoms with van der Waals surface area (Å²) in [6, 6.07) is 12.0. The van der Waals surface area contributed by atoms with Crippen LogP contribution in [0.4, 0.5) is 5.69 Å². The Hall–Kier alpha value is -1.97. The number of sulfonamides is 1. The molecule has 3 rings (SSSR count). The summed E-state index contributed by atoms with van der Waals surface area (Å²) in [6.07, 6.45) is 0. The molecule has 1 saturated heterocycles. The van der Waals surface area contributed by atoms with Crippen molar-refractivity contribution in [3.63, 3.8) is 0 Å². The van der Waals surface area contributed by atoms with Crippen molar-refractivity contribution in [1.82, 2.24) is 9.21 Å². The monoisotopic (exact) mass is 465 g/mol. The fraction of sp³-hybridized carbons (Fsp3) is 0.409. The smallest absolute Gasteiger partial charge is 0.243 e. The third-order valence-electron chi connectivity index (χ3n) is 5.46. The fourth-order valence-electron chi connectivity index (χ4n) is 3.36. The van der Waals surface area contributed by atoms with Gasteiger partial charge >= 0.3 is 0 Å². The van der Waals surface area contributed by atoms with Crippen LogP contribution in [0.15, 0.2) is 47.4 Å². The Morgan fingerprint density at radius 2 is 1.90 bits per heavy atom. The van der Waals surface area contributed by atoms with Gasteiger partial charge in [0.25, 0.3) is 0 Å². The SMILES string of the molecule is Cc1ccc(NC(=O)[C@H](C)N(C)Cc2ccccc2Cl)cc1S(=O)(=O)N1CCOCC1. The van der Waals surface area contributed by atoms with Crippen molar-refractivity contribution in [3.05, 3.63) is 58.6 Å². The number of hydrogen-bond acceptors (Lipinski definition) is 5. The highest BCUT2D eigenvalue weighted by Gasteiger charge is 2.28. The van der Waals surface area contributed by atoms with Gasteiger partial charge in [0.1, 0.15) is 0 Å². The van der Waals surface area contributed by atoms with Crippen LogP contribution < -0.4 is 5.32 Å². The molecule has 1 amide bonds. The van der Waals surface area contributed by atoms with Gasteiger partial charge in [-0.1, -0.05) is 35.9 Å². The predicted molar refractivity (Wildman–Crippen MR) is 122 cm³/mol. The van der Waals surface area contributed by atoms with Gasteiger partial charge in [-0.15, -0.1) is 0 Å². The molecule has 168 valence electrons. The summed E-state index contributed by atoms with van der Waals surface area (Å²) in [7, 11) is -1.81. The second kappa shape index (κ2) is 10.1. The van der Waals surface area contributed by atoms with Gasteiger partial charge in [0.15, 0.2) is 0 Å². The van der Waals surface area contributed by atoms with Crippen molar-refractivity contribution < 1.29 is 17.9 Å². The Morgan fingerprint density at radius 1 is 1.23 bits per heavy atom. The van der Waals surface area contributed by atoms with Crippen LogP contribution in [0.1, 0.15) is 18.1 Å². The molecule has 0 saturated carbocycles. The topological polar surface area (TPSA) is 79.0 Å². The first kappa shape index (κ1) is 23.7. The van der Waals surface area contributed by atoms with E-state index in [1.807, 2.05) is 36.2 Å². The molecule has 1 N–H and O–H groups in total. The van der Waals surface area contributed by atoms with Crippen molar-refractivity contribution in [3.8, 4) is 0 Å². The lowest BCUT2D eigenvalue weighted by atomic mass is 10.1. The molecular weight excluding hydrogens is 438 g/mol. The molecule has 0 aliphatic carbocycles. The molecule has 1 atom stereocenters. The predicted octanol–water partition coefficient (Wildman–Crippen LogP) is 3.13. The van der Waals surface area contributed by atoms with Crippen molar-refractivity contribution in [2.45, 2.75) is 31.3 Å². The van der Waals surface area contributed by atoms with Crippen LogP contribution in [0.3, 0.4) is 0 Å². The molecule has 0 radical (unpaired) electrons. The first-order valence-electron chi connectivity index (χ1n) is 10.1. The average Bonchev–Trinajstić information content (AvgIpc) is 2.76. The highest BCUT2D eigenvalue weighted by atomic mass is 35.5. The molecule has 7 nitrogen and oxygen atoms in total. The molecule has 0 unspecified atom stereocenters. The summed E-state index contributed by atoms with van der Waals surface area (Å²) in [4.78, 5) is 14.9. The number of halogens is 1. The van der Waals surface area contributed by atoms with Crippen LogP contribution in [-0.2, 0) is 26.1 Å². The van der Waals surface area contributed by atoms with Crippen molar-refractivity contribution in [2.75, 3.05) is 38.7 Å². The van der Waals surface area contributed by atoms with E-state index in [-0.39, 0.29) is 10.8 Å². The molecule has 31 heavy (non-hydrogen) atoms. The molecule has 2 aromatic carbocycles. The minimum Gasteiger partial charge on any atom is -0.379 e. The Kier molecular flexibility index (Phi) is 7.72. The zero-order valence-electron chi connectivity index (χ0n) is 18.0. The van der Waals surface area contributed by atoms with E-state index < -0.39 is 16.1 Å². The maximum atomic E-state index is 13.1. The first-order valence-corrected chi connectivity index (χ1v) is 11.9. The summed E-state index contributed by atoms with van der Waals surface area (Å²) in [5.41, 5.74) is 2.01. The van der Waals surface area contributed by atoms with E-state index in [1.165, 1.54) is 10.4 Å². The molecule has 1 aliphatic rings. The van der Waals surface area contributed by atoms with Gasteiger partial charge in [-0.3, -0.25) is 9.69 Å². The molecule has 1 heterocycles. The van der Waals surface area contributed by atoms with Gasteiger partial charge in [-0.05, 0) is 50.2 Å². The Balaban J connectivity index is 1.72. The molecule has 1 fully saturated rings. The van der Waals surface area contributed by atoms with Crippen LogP contribution in [0.2, 0.25) is 5.02 Å². The number of carbonyl (C=O) groups is 1. The molecule has 0 spiro atoms. The number of rotatable bonds is 7. The second-order valence-corrected chi connectivity index (χ2v) is 9.98. The highest BCUT2D eigenvalue weighted by Crippen LogP contribution is 2.25. The molecule has 2 aromatic rings. The van der Waals surface area contributed by atoms with E-state index in [4.69, 9.17) is 16.3 Å². The van der Waals surface area contributed by atoms with Gasteiger partial charge in [0.05, 0.1) is 24.2 Å². The molecule has 0 bridgehead atoms. The van der Waals surface area contributed by atoms with Crippen LogP contribution in [-0.4, -0.2) is 62.9 Å². The Labute approximate surface area is 189 Å². The van der Waals surface area contributed by atoms with Gasteiger partial charge in [0, 0.05) is 30.3 Å². The maximum Gasteiger partial charge on any atom is 0.243 e. The zero-order chi connectivity index (χ0) is 22.6. The van der Waals surface area contributed by atoms with Crippen LogP contribution >= 0.6 is 11.6 Å². The first-order chi connectivity index (χ1) is 14.7. The summed E-state index contributed by atoms with van der Waals surface area (Å²) in [5, 5.41) is 3.50. The van der Waals surface area contributed by atoms with Gasteiger partial charge in [0.2, 0.25) is 15.9 Å². The Bertz CT molecular complexity index is 1040. The van der Waals surface area contributed by atoms with Crippen molar-refractivity contribution in [1.29, 1.82) is 0 Å². The number of carbonyl (C=O) groups excluding carboxylic acids is 1. The molecular formula is C22H28ClN3O4S. The van der Waals surface area contributed by atoms with E-state index in [0.29, 0.717) is 49.1 Å². The number of nitrogens with one attached hydrogen (secondary N) is 1. The van der Waals surface area contributed by atoms with Crippen LogP contribution in [0, 0.1) is 6.92 Å². The quantitative estimate of drug-likeness (QED) is 0.679. The van der Waals surface area contributed by atoms with Gasteiger partial charge < -0.3 is 10.1 Å². The normalized spacial score (nSPS) is 16.3. The zero-order valence-corrected chi connectivity index (χ0v) is 19.5. The van der Waals surface area contributed by atoms with Crippen molar-refractivity contribution >= 4 is 33.2 Å². The van der Waals surface area contributed by atoms with E-state index in [2.05, 4.69) is 5.32 Å². The molecule has 9 heteroatoms. The van der Waals surface area contributed by atoms with E-state index in [0.717, 1.165) is 5.56 Å². The minimum atomic E-state index is -3.66. The number of hydrogen-bond donors (Lipinski definition) is 1. The third-order valence-corrected chi connectivity index (χ3v) is 7.87. The standard InChI is InChI=1S/C22H28ClN3O4S/c1-16-8-9-19(14-21(16)31(28,29)26-10-12-30-13-11-26)24-22(27)17(2)25(3)15-18-6-4-5-7-20(18)23/h4-9,14,17H,10-13,15H2,1-3H3,(H,24,27)/t17-/m0/s1. The molecule has 0 aromatic heterocycles. The average molecular weight is 466 g/mol. The largest absolute Gasteiger partial charge is 0.379 e. The van der Waals surface area contributed by atoms with Crippen LogP contribution in [0.5, 0.6) is 0 Å². The van der Waals surface area contributed by atoms with E-state index >= 15 is 0 Å². The highest BCUT2D eigenvalue weighted by molar-refractivity contribution is 7.89. The summed E-state index contributed by atoms with van der Waals surface area (Å²) in [5.74, 6) is -0.229. The number of morpholine rings is 1. The van der Waals surface area contributed by atoms with Crippen molar-refractivity contribution in [2.24, 2.45) is 0 Å². The number of likely N-dealkylation sites (N-methyl/N-ethyl adjacent to an activating group) is 1. The second-order valence-electron chi connectivity index (χ2n) is 7.67. The summed E-state index contributed by atoms with van der Waals surface area (Å²) in [6.45, 7) is 5.46. The number of amides is 1. The minimum absolute atomic E-state index is 0.198. The lowest BCUT2D eigenvalue weighted by Gasteiger charge is -2.27. The van der Waals surface area contributed by atoms with Gasteiger partial charge in [-0.2, -0.15) is 4.31 Å². The summed E-state index contributed by atoms with van der Waals surface area (Å²) < 4.78 is 32.8. The molecule has 1 aliphatic heterocycles. The van der Waals surface area contributed by atoms with Crippen LogP contribution in [0.25, 0.3) is 0 Å². The lowest BCUT2D eigenvalue weighted by Crippen LogP contribution is -2.41. The van der Waals surface area contributed by atoms with Gasteiger partial charge in [-0.25, -0.2) is 8.42 Å². The number of aryl methyl sites for hydroxylation is 1. The lowest BCUT2D eigenvalue weighted by molar-refractivity contribution is -0.120. The Morgan fingerprint density at radius 3 is 2.58 bits per heavy atom. The maximum absolute atomic E-state index is 13.1. The number of ether oxygens (including phenoxy) is 1. The fourth-order valence-corrected chi connectivity index (χ4v) is 5.22. The number of benzene rings is 2.